The van der Waals surface area contributed by atoms with Gasteiger partial charge in [0.15, 0.2) is 6.61 Å². The lowest BCUT2D eigenvalue weighted by Crippen LogP contribution is -2.01. The first-order valence-corrected chi connectivity index (χ1v) is 7.63. The average Bonchev–Trinajstić information content (AvgIpc) is 3.36. The molecule has 1 aromatic carbocycles. The van der Waals surface area contributed by atoms with Crippen LogP contribution in [0, 0.1) is 0 Å². The van der Waals surface area contributed by atoms with Crippen molar-refractivity contribution >= 4 is 12.0 Å². The Labute approximate surface area is 149 Å². The van der Waals surface area contributed by atoms with Crippen LogP contribution in [0.15, 0.2) is 51.6 Å². The largest absolute Gasteiger partial charge is 0.497 e. The van der Waals surface area contributed by atoms with E-state index in [0.29, 0.717) is 28.6 Å². The van der Waals surface area contributed by atoms with Gasteiger partial charge in [-0.3, -0.25) is 0 Å². The van der Waals surface area contributed by atoms with Crippen molar-refractivity contribution in [2.75, 3.05) is 14.2 Å². The second-order valence-corrected chi connectivity index (χ2v) is 5.03. The maximum Gasteiger partial charge on any atom is 0.331 e. The van der Waals surface area contributed by atoms with Gasteiger partial charge in [0.1, 0.15) is 17.3 Å². The molecule has 8 heteroatoms. The van der Waals surface area contributed by atoms with Gasteiger partial charge in [-0.2, -0.15) is 4.98 Å². The number of nitrogens with zero attached hydrogens (tertiary/aromatic N) is 2. The van der Waals surface area contributed by atoms with E-state index in [0.717, 1.165) is 0 Å². The van der Waals surface area contributed by atoms with Crippen molar-refractivity contribution in [3.63, 3.8) is 0 Å². The first-order chi connectivity index (χ1) is 12.7. The van der Waals surface area contributed by atoms with Crippen LogP contribution < -0.4 is 9.47 Å². The average molecular weight is 356 g/mol. The molecule has 2 heterocycles. The Morgan fingerprint density at radius 1 is 1.23 bits per heavy atom. The molecule has 0 spiro atoms. The van der Waals surface area contributed by atoms with Crippen LogP contribution in [0.2, 0.25) is 0 Å². The van der Waals surface area contributed by atoms with Gasteiger partial charge in [0.25, 0.3) is 5.89 Å². The Morgan fingerprint density at radius 2 is 2.12 bits per heavy atom. The third-order valence-corrected chi connectivity index (χ3v) is 3.38. The molecule has 0 amide bonds. The molecule has 26 heavy (non-hydrogen) atoms. The number of hydrogen-bond acceptors (Lipinski definition) is 8. The second kappa shape index (κ2) is 8.02. The van der Waals surface area contributed by atoms with Crippen molar-refractivity contribution in [1.82, 2.24) is 10.1 Å². The lowest BCUT2D eigenvalue weighted by molar-refractivity contribution is -0.139. The van der Waals surface area contributed by atoms with E-state index in [1.54, 1.807) is 37.4 Å². The first kappa shape index (κ1) is 17.3. The van der Waals surface area contributed by atoms with E-state index < -0.39 is 5.97 Å². The SMILES string of the molecule is COc1ccc(-c2noc(COC(=O)/C=C/c3ccco3)n2)c(OC)c1. The molecule has 3 rings (SSSR count). The fraction of sp³-hybridized carbons (Fsp3) is 0.167. The zero-order valence-electron chi connectivity index (χ0n) is 14.2. The van der Waals surface area contributed by atoms with Gasteiger partial charge in [-0.15, -0.1) is 0 Å². The highest BCUT2D eigenvalue weighted by Crippen LogP contribution is 2.31. The monoisotopic (exact) mass is 356 g/mol. The number of carbonyl (C=O) groups is 1. The molecule has 0 saturated carbocycles. The van der Waals surface area contributed by atoms with Crippen molar-refractivity contribution < 1.29 is 27.9 Å². The number of ether oxygens (including phenoxy) is 3. The summed E-state index contributed by atoms with van der Waals surface area (Å²) in [6.45, 7) is -0.146. The van der Waals surface area contributed by atoms with E-state index in [2.05, 4.69) is 10.1 Å². The number of esters is 1. The van der Waals surface area contributed by atoms with Crippen LogP contribution in [0.1, 0.15) is 11.7 Å². The third kappa shape index (κ3) is 4.10. The normalized spacial score (nSPS) is 10.8. The minimum absolute atomic E-state index is 0.146. The van der Waals surface area contributed by atoms with Crippen LogP contribution >= 0.6 is 0 Å². The van der Waals surface area contributed by atoms with E-state index in [9.17, 15) is 4.79 Å². The minimum Gasteiger partial charge on any atom is -0.497 e. The molecular formula is C18H16N2O6. The lowest BCUT2D eigenvalue weighted by atomic mass is 10.2. The van der Waals surface area contributed by atoms with E-state index >= 15 is 0 Å². The molecule has 134 valence electrons. The Hall–Kier alpha value is -3.55. The molecule has 0 atom stereocenters. The summed E-state index contributed by atoms with van der Waals surface area (Å²) in [4.78, 5) is 15.9. The van der Waals surface area contributed by atoms with Crippen LogP contribution in [-0.2, 0) is 16.1 Å². The van der Waals surface area contributed by atoms with Crippen LogP contribution in [0.4, 0.5) is 0 Å². The number of aromatic nitrogens is 2. The maximum atomic E-state index is 11.7. The quantitative estimate of drug-likeness (QED) is 0.470. The predicted octanol–water partition coefficient (Wildman–Crippen LogP) is 3.10. The highest BCUT2D eigenvalue weighted by molar-refractivity contribution is 5.86. The summed E-state index contributed by atoms with van der Waals surface area (Å²) in [5.74, 6) is 1.66. The number of carbonyl (C=O) groups excluding carboxylic acids is 1. The number of furan rings is 1. The molecule has 0 aliphatic carbocycles. The fourth-order valence-electron chi connectivity index (χ4n) is 2.12. The van der Waals surface area contributed by atoms with Gasteiger partial charge in [-0.25, -0.2) is 4.79 Å². The van der Waals surface area contributed by atoms with Crippen LogP contribution in [0.3, 0.4) is 0 Å². The molecule has 8 nitrogen and oxygen atoms in total. The second-order valence-electron chi connectivity index (χ2n) is 5.03. The van der Waals surface area contributed by atoms with Gasteiger partial charge in [0.05, 0.1) is 26.0 Å². The Bertz CT molecular complexity index is 898. The Balaban J connectivity index is 1.64. The molecule has 0 saturated heterocycles. The highest BCUT2D eigenvalue weighted by atomic mass is 16.6. The Morgan fingerprint density at radius 3 is 2.85 bits per heavy atom. The van der Waals surface area contributed by atoms with Gasteiger partial charge in [-0.05, 0) is 30.3 Å². The molecule has 0 bridgehead atoms. The van der Waals surface area contributed by atoms with Crippen LogP contribution in [-0.4, -0.2) is 30.3 Å². The van der Waals surface area contributed by atoms with Crippen molar-refractivity contribution in [3.05, 3.63) is 54.3 Å². The van der Waals surface area contributed by atoms with Crippen molar-refractivity contribution in [3.8, 4) is 22.9 Å². The number of hydrogen-bond donors (Lipinski definition) is 0. The van der Waals surface area contributed by atoms with E-state index in [4.69, 9.17) is 23.2 Å². The standard InChI is InChI=1S/C18H16N2O6/c1-22-13-5-7-14(15(10-13)23-2)18-19-16(26-20-18)11-25-17(21)8-6-12-4-3-9-24-12/h3-10H,11H2,1-2H3/b8-6+. The van der Waals surface area contributed by atoms with Gasteiger partial charge >= 0.3 is 5.97 Å². The van der Waals surface area contributed by atoms with Gasteiger partial charge < -0.3 is 23.2 Å². The van der Waals surface area contributed by atoms with Gasteiger partial charge in [0.2, 0.25) is 5.82 Å². The molecule has 2 aromatic heterocycles. The lowest BCUT2D eigenvalue weighted by Gasteiger charge is -2.07. The van der Waals surface area contributed by atoms with Crippen molar-refractivity contribution in [1.29, 1.82) is 0 Å². The number of methoxy groups -OCH3 is 2. The molecule has 0 unspecified atom stereocenters. The molecular weight excluding hydrogens is 340 g/mol. The maximum absolute atomic E-state index is 11.7. The molecule has 0 aliphatic rings. The highest BCUT2D eigenvalue weighted by Gasteiger charge is 2.15. The summed E-state index contributed by atoms with van der Waals surface area (Å²) < 4.78 is 25.7. The zero-order chi connectivity index (χ0) is 18.4. The van der Waals surface area contributed by atoms with Crippen molar-refractivity contribution in [2.24, 2.45) is 0 Å². The summed E-state index contributed by atoms with van der Waals surface area (Å²) in [6.07, 6.45) is 4.27. The summed E-state index contributed by atoms with van der Waals surface area (Å²) >= 11 is 0. The molecule has 0 fully saturated rings. The molecule has 0 N–H and O–H groups in total. The minimum atomic E-state index is -0.553. The van der Waals surface area contributed by atoms with Gasteiger partial charge in [-0.1, -0.05) is 5.16 Å². The van der Waals surface area contributed by atoms with Crippen LogP contribution in [0.25, 0.3) is 17.5 Å². The smallest absolute Gasteiger partial charge is 0.331 e. The summed E-state index contributed by atoms with van der Waals surface area (Å²) in [7, 11) is 3.10. The first-order valence-electron chi connectivity index (χ1n) is 7.63. The van der Waals surface area contributed by atoms with E-state index in [-0.39, 0.29) is 12.5 Å². The zero-order valence-corrected chi connectivity index (χ0v) is 14.2. The topological polar surface area (TPSA) is 96.8 Å². The van der Waals surface area contributed by atoms with Crippen molar-refractivity contribution in [2.45, 2.75) is 6.61 Å². The Kier molecular flexibility index (Phi) is 5.33. The summed E-state index contributed by atoms with van der Waals surface area (Å²) in [5, 5.41) is 3.88. The molecule has 0 aliphatic heterocycles. The third-order valence-electron chi connectivity index (χ3n) is 3.38. The molecule has 0 radical (unpaired) electrons. The summed E-state index contributed by atoms with van der Waals surface area (Å²) in [5.41, 5.74) is 0.632. The van der Waals surface area contributed by atoms with E-state index in [1.165, 1.54) is 25.5 Å². The predicted molar refractivity (Wildman–Crippen MR) is 90.4 cm³/mol. The van der Waals surface area contributed by atoms with E-state index in [1.807, 2.05) is 0 Å². The number of rotatable bonds is 7. The number of benzene rings is 1. The fourth-order valence-corrected chi connectivity index (χ4v) is 2.12. The van der Waals surface area contributed by atoms with Crippen LogP contribution in [0.5, 0.6) is 11.5 Å². The van der Waals surface area contributed by atoms with Gasteiger partial charge in [0, 0.05) is 12.1 Å². The molecule has 3 aromatic rings. The summed E-state index contributed by atoms with van der Waals surface area (Å²) in [6, 6.07) is 8.66.